The van der Waals surface area contributed by atoms with Gasteiger partial charge in [0.15, 0.2) is 5.69 Å². The van der Waals surface area contributed by atoms with Crippen molar-refractivity contribution in [3.63, 3.8) is 0 Å². The molecule has 20 heavy (non-hydrogen) atoms. The molecule has 2 N–H and O–H groups in total. The van der Waals surface area contributed by atoms with Gasteiger partial charge in [-0.3, -0.25) is 4.79 Å². The zero-order valence-corrected chi connectivity index (χ0v) is 11.5. The summed E-state index contributed by atoms with van der Waals surface area (Å²) in [5.41, 5.74) is 0.521. The summed E-state index contributed by atoms with van der Waals surface area (Å²) in [6, 6.07) is 4.55. The van der Waals surface area contributed by atoms with Crippen LogP contribution in [0.25, 0.3) is 0 Å². The molecule has 2 rings (SSSR count). The van der Waals surface area contributed by atoms with Gasteiger partial charge >= 0.3 is 6.61 Å². The van der Waals surface area contributed by atoms with Crippen LogP contribution in [-0.4, -0.2) is 27.9 Å². The average Bonchev–Trinajstić information content (AvgIpc) is 2.92. The number of H-pyrrole nitrogens is 1. The number of alkyl halides is 2. The van der Waals surface area contributed by atoms with Crippen LogP contribution in [0.15, 0.2) is 28.9 Å². The van der Waals surface area contributed by atoms with Gasteiger partial charge in [0.2, 0.25) is 0 Å². The zero-order chi connectivity index (χ0) is 14.5. The lowest BCUT2D eigenvalue weighted by Gasteiger charge is -2.11. The summed E-state index contributed by atoms with van der Waals surface area (Å²) in [6.07, 6.45) is 1.26. The molecule has 0 aliphatic carbocycles. The molecule has 0 saturated heterocycles. The van der Waals surface area contributed by atoms with Gasteiger partial charge < -0.3 is 10.1 Å². The highest BCUT2D eigenvalue weighted by Gasteiger charge is 2.13. The minimum absolute atomic E-state index is 0.00338. The SMILES string of the molecule is O=C(NCc1cc(Br)ccc1OC(F)F)c1cn[nH]n1. The molecule has 1 amide bonds. The number of aromatic amines is 1. The number of nitrogens with zero attached hydrogens (tertiary/aromatic N) is 2. The van der Waals surface area contributed by atoms with Gasteiger partial charge in [-0.2, -0.15) is 24.2 Å². The van der Waals surface area contributed by atoms with Crippen molar-refractivity contribution >= 4 is 21.8 Å². The normalized spacial score (nSPS) is 10.6. The first kappa shape index (κ1) is 14.4. The third kappa shape index (κ3) is 3.73. The van der Waals surface area contributed by atoms with E-state index in [-0.39, 0.29) is 18.0 Å². The molecule has 0 spiro atoms. The molecule has 9 heteroatoms. The Morgan fingerprint density at radius 3 is 2.95 bits per heavy atom. The molecule has 0 atom stereocenters. The standard InChI is InChI=1S/C11H9BrF2N4O2/c12-7-1-2-9(20-11(13)14)6(3-7)4-15-10(19)8-5-16-18-17-8/h1-3,5,11H,4H2,(H,15,19)(H,16,17,18). The number of carbonyl (C=O) groups excluding carboxylic acids is 1. The van der Waals surface area contributed by atoms with Crippen LogP contribution in [0.3, 0.4) is 0 Å². The summed E-state index contributed by atoms with van der Waals surface area (Å²) in [6.45, 7) is -2.91. The Morgan fingerprint density at radius 1 is 1.50 bits per heavy atom. The van der Waals surface area contributed by atoms with Crippen molar-refractivity contribution in [1.29, 1.82) is 0 Å². The highest BCUT2D eigenvalue weighted by molar-refractivity contribution is 9.10. The smallest absolute Gasteiger partial charge is 0.387 e. The third-order valence-corrected chi connectivity index (χ3v) is 2.82. The third-order valence-electron chi connectivity index (χ3n) is 2.33. The van der Waals surface area contributed by atoms with Crippen molar-refractivity contribution in [2.75, 3.05) is 0 Å². The summed E-state index contributed by atoms with van der Waals surface area (Å²) in [7, 11) is 0. The number of nitrogens with one attached hydrogen (secondary N) is 2. The molecule has 0 aliphatic heterocycles. The number of hydrogen-bond acceptors (Lipinski definition) is 4. The van der Waals surface area contributed by atoms with E-state index in [2.05, 4.69) is 41.4 Å². The summed E-state index contributed by atoms with van der Waals surface area (Å²) in [4.78, 5) is 11.7. The maximum absolute atomic E-state index is 12.3. The van der Waals surface area contributed by atoms with Crippen molar-refractivity contribution in [3.05, 3.63) is 40.1 Å². The molecule has 0 aliphatic rings. The lowest BCUT2D eigenvalue weighted by Crippen LogP contribution is -2.23. The Morgan fingerprint density at radius 2 is 2.30 bits per heavy atom. The quantitative estimate of drug-likeness (QED) is 0.868. The van der Waals surface area contributed by atoms with E-state index in [1.165, 1.54) is 12.3 Å². The van der Waals surface area contributed by atoms with E-state index in [1.54, 1.807) is 12.1 Å². The van der Waals surface area contributed by atoms with Crippen LogP contribution in [0, 0.1) is 0 Å². The van der Waals surface area contributed by atoms with Crippen LogP contribution in [0.1, 0.15) is 16.1 Å². The molecule has 106 valence electrons. The number of aromatic nitrogens is 3. The molecule has 1 heterocycles. The maximum Gasteiger partial charge on any atom is 0.387 e. The van der Waals surface area contributed by atoms with Gasteiger partial charge in [0.1, 0.15) is 5.75 Å². The van der Waals surface area contributed by atoms with E-state index < -0.39 is 12.5 Å². The largest absolute Gasteiger partial charge is 0.434 e. The number of halogens is 3. The average molecular weight is 347 g/mol. The molecule has 6 nitrogen and oxygen atoms in total. The minimum Gasteiger partial charge on any atom is -0.434 e. The first-order valence-electron chi connectivity index (χ1n) is 5.43. The molecule has 0 unspecified atom stereocenters. The van der Waals surface area contributed by atoms with Gasteiger partial charge in [-0.05, 0) is 18.2 Å². The van der Waals surface area contributed by atoms with Crippen LogP contribution in [0.4, 0.5) is 8.78 Å². The Hall–Kier alpha value is -2.03. The van der Waals surface area contributed by atoms with Gasteiger partial charge in [-0.1, -0.05) is 15.9 Å². The van der Waals surface area contributed by atoms with Crippen LogP contribution >= 0.6 is 15.9 Å². The molecule has 2 aromatic rings. The van der Waals surface area contributed by atoms with Crippen molar-refractivity contribution in [3.8, 4) is 5.75 Å². The molecule has 0 radical (unpaired) electrons. The first-order chi connectivity index (χ1) is 9.56. The molecule has 1 aromatic carbocycles. The topological polar surface area (TPSA) is 79.9 Å². The lowest BCUT2D eigenvalue weighted by molar-refractivity contribution is -0.0504. The number of rotatable bonds is 5. The Labute approximate surface area is 120 Å². The molecular formula is C11H9BrF2N4O2. The van der Waals surface area contributed by atoms with Crippen molar-refractivity contribution in [2.24, 2.45) is 0 Å². The Balaban J connectivity index is 2.08. The van der Waals surface area contributed by atoms with Crippen LogP contribution in [0.5, 0.6) is 5.75 Å². The number of amides is 1. The van der Waals surface area contributed by atoms with E-state index >= 15 is 0 Å². The van der Waals surface area contributed by atoms with Gasteiger partial charge in [-0.15, -0.1) is 0 Å². The second-order valence-corrected chi connectivity index (χ2v) is 4.58. The number of ether oxygens (including phenoxy) is 1. The fourth-order valence-corrected chi connectivity index (χ4v) is 1.88. The van der Waals surface area contributed by atoms with Crippen LogP contribution in [-0.2, 0) is 6.54 Å². The summed E-state index contributed by atoms with van der Waals surface area (Å²) < 4.78 is 29.6. The van der Waals surface area contributed by atoms with Gasteiger partial charge in [0.05, 0.1) is 6.20 Å². The second-order valence-electron chi connectivity index (χ2n) is 3.67. The fraction of sp³-hybridized carbons (Fsp3) is 0.182. The van der Waals surface area contributed by atoms with Crippen molar-refractivity contribution < 1.29 is 18.3 Å². The number of hydrogen-bond donors (Lipinski definition) is 2. The van der Waals surface area contributed by atoms with E-state index in [0.29, 0.717) is 10.0 Å². The van der Waals surface area contributed by atoms with Gasteiger partial charge in [0, 0.05) is 16.6 Å². The summed E-state index contributed by atoms with van der Waals surface area (Å²) in [5, 5.41) is 11.9. The highest BCUT2D eigenvalue weighted by Crippen LogP contribution is 2.24. The molecule has 0 saturated carbocycles. The first-order valence-corrected chi connectivity index (χ1v) is 6.23. The molecule has 0 fully saturated rings. The van der Waals surface area contributed by atoms with Gasteiger partial charge in [-0.25, -0.2) is 0 Å². The minimum atomic E-state index is -2.93. The van der Waals surface area contributed by atoms with E-state index in [9.17, 15) is 13.6 Å². The predicted octanol–water partition coefficient (Wildman–Crippen LogP) is 2.10. The fourth-order valence-electron chi connectivity index (χ4n) is 1.47. The van der Waals surface area contributed by atoms with Crippen molar-refractivity contribution in [1.82, 2.24) is 20.7 Å². The van der Waals surface area contributed by atoms with Gasteiger partial charge in [0.25, 0.3) is 5.91 Å². The molecular weight excluding hydrogens is 338 g/mol. The summed E-state index contributed by atoms with van der Waals surface area (Å²) in [5.74, 6) is -0.467. The number of carbonyl (C=O) groups is 1. The van der Waals surface area contributed by atoms with Crippen LogP contribution in [0.2, 0.25) is 0 Å². The maximum atomic E-state index is 12.3. The molecule has 1 aromatic heterocycles. The summed E-state index contributed by atoms with van der Waals surface area (Å²) >= 11 is 3.23. The zero-order valence-electron chi connectivity index (χ0n) is 9.94. The monoisotopic (exact) mass is 346 g/mol. The van der Waals surface area contributed by atoms with E-state index in [4.69, 9.17) is 0 Å². The van der Waals surface area contributed by atoms with Crippen molar-refractivity contribution in [2.45, 2.75) is 13.2 Å². The lowest BCUT2D eigenvalue weighted by atomic mass is 10.2. The number of benzene rings is 1. The predicted molar refractivity (Wildman–Crippen MR) is 68.3 cm³/mol. The molecule has 0 bridgehead atoms. The van der Waals surface area contributed by atoms with Crippen LogP contribution < -0.4 is 10.1 Å². The Kier molecular flexibility index (Phi) is 4.61. The van der Waals surface area contributed by atoms with E-state index in [0.717, 1.165) is 0 Å². The highest BCUT2D eigenvalue weighted by atomic mass is 79.9. The Bertz CT molecular complexity index is 592. The second kappa shape index (κ2) is 6.42. The van der Waals surface area contributed by atoms with E-state index in [1.807, 2.05) is 0 Å².